The lowest BCUT2D eigenvalue weighted by molar-refractivity contribution is 0.895. The molecule has 0 aliphatic heterocycles. The Morgan fingerprint density at radius 1 is 1.75 bits per heavy atom. The molecule has 0 fully saturated rings. The Bertz CT molecular complexity index is 94.7. The molecule has 0 aromatic heterocycles. The van der Waals surface area contributed by atoms with Crippen molar-refractivity contribution < 1.29 is 0 Å². The van der Waals surface area contributed by atoms with E-state index in [4.69, 9.17) is 5.53 Å². The van der Waals surface area contributed by atoms with Gasteiger partial charge in [-0.05, 0) is 13.3 Å². The summed E-state index contributed by atoms with van der Waals surface area (Å²) in [6.07, 6.45) is 3.78. The first-order valence-electron chi connectivity index (χ1n) is 2.83. The maximum atomic E-state index is 6.46. The molecule has 46 valence electrons. The van der Waals surface area contributed by atoms with Gasteiger partial charge in [-0.3, -0.25) is 0 Å². The molecule has 0 unspecified atom stereocenters. The van der Waals surface area contributed by atoms with Crippen molar-refractivity contribution in [1.82, 2.24) is 0 Å². The van der Waals surface area contributed by atoms with E-state index in [2.05, 4.69) is 12.0 Å². The molecule has 0 bridgehead atoms. The molecule has 1 N–H and O–H groups in total. The van der Waals surface area contributed by atoms with Gasteiger partial charge in [0.25, 0.3) is 0 Å². The van der Waals surface area contributed by atoms with Crippen molar-refractivity contribution in [1.29, 1.82) is 5.53 Å². The molecular formula is C6H12N2. The second kappa shape index (κ2) is 4.50. The zero-order chi connectivity index (χ0) is 6.41. The molecule has 0 amide bonds. The standard InChI is InChI=1S/C6H12N2/c1-3-4-6(2)5-8-7/h5,7H,3-4H2,1-2H3/b6-5-,8-7?. The first-order chi connectivity index (χ1) is 3.81. The van der Waals surface area contributed by atoms with Crippen LogP contribution in [0.3, 0.4) is 0 Å². The molecule has 8 heavy (non-hydrogen) atoms. The average Bonchev–Trinajstić information content (AvgIpc) is 1.68. The van der Waals surface area contributed by atoms with Crippen LogP contribution >= 0.6 is 0 Å². The number of nitrogens with one attached hydrogen (secondary N) is 1. The average molecular weight is 112 g/mol. The van der Waals surface area contributed by atoms with Crippen molar-refractivity contribution in [2.24, 2.45) is 5.11 Å². The summed E-state index contributed by atoms with van der Waals surface area (Å²) in [5.41, 5.74) is 7.64. The summed E-state index contributed by atoms with van der Waals surface area (Å²) in [4.78, 5) is 0. The maximum absolute atomic E-state index is 6.46. The van der Waals surface area contributed by atoms with Gasteiger partial charge in [-0.25, -0.2) is 5.53 Å². The lowest BCUT2D eigenvalue weighted by Gasteiger charge is -1.90. The first kappa shape index (κ1) is 7.34. The number of allylic oxidation sites excluding steroid dienone is 1. The van der Waals surface area contributed by atoms with E-state index in [1.54, 1.807) is 6.20 Å². The fraction of sp³-hybridized carbons (Fsp3) is 0.667. The van der Waals surface area contributed by atoms with Crippen molar-refractivity contribution in [3.63, 3.8) is 0 Å². The van der Waals surface area contributed by atoms with E-state index in [-0.39, 0.29) is 0 Å². The number of hydrogen-bond acceptors (Lipinski definition) is 2. The van der Waals surface area contributed by atoms with E-state index < -0.39 is 0 Å². The highest BCUT2D eigenvalue weighted by Gasteiger charge is 1.82. The SMILES string of the molecule is CCC/C(C)=C\N=N. The summed E-state index contributed by atoms with van der Waals surface area (Å²) in [6, 6.07) is 0. The molecular weight excluding hydrogens is 100 g/mol. The van der Waals surface area contributed by atoms with Crippen LogP contribution < -0.4 is 0 Å². The van der Waals surface area contributed by atoms with Crippen molar-refractivity contribution >= 4 is 0 Å². The van der Waals surface area contributed by atoms with Crippen LogP contribution in [-0.4, -0.2) is 0 Å². The molecule has 0 saturated heterocycles. The highest BCUT2D eigenvalue weighted by molar-refractivity contribution is 4.94. The fourth-order valence-electron chi connectivity index (χ4n) is 0.569. The molecule has 2 nitrogen and oxygen atoms in total. The lowest BCUT2D eigenvalue weighted by Crippen LogP contribution is -1.71. The van der Waals surface area contributed by atoms with Gasteiger partial charge >= 0.3 is 0 Å². The highest BCUT2D eigenvalue weighted by Crippen LogP contribution is 2.01. The number of nitrogens with zero attached hydrogens (tertiary/aromatic N) is 1. The minimum atomic E-state index is 1.06. The Balaban J connectivity index is 3.44. The van der Waals surface area contributed by atoms with E-state index in [0.29, 0.717) is 0 Å². The van der Waals surface area contributed by atoms with Gasteiger partial charge in [0.05, 0.1) is 0 Å². The predicted octanol–water partition coefficient (Wildman–Crippen LogP) is 2.72. The van der Waals surface area contributed by atoms with Crippen molar-refractivity contribution in [3.8, 4) is 0 Å². The third kappa shape index (κ3) is 3.53. The van der Waals surface area contributed by atoms with Gasteiger partial charge in [-0.1, -0.05) is 18.9 Å². The van der Waals surface area contributed by atoms with E-state index in [1.807, 2.05) is 6.92 Å². The third-order valence-corrected chi connectivity index (χ3v) is 0.929. The van der Waals surface area contributed by atoms with Crippen LogP contribution in [0.25, 0.3) is 0 Å². The second-order valence-corrected chi connectivity index (χ2v) is 1.85. The van der Waals surface area contributed by atoms with Crippen molar-refractivity contribution in [3.05, 3.63) is 11.8 Å². The summed E-state index contributed by atoms with van der Waals surface area (Å²) in [7, 11) is 0. The second-order valence-electron chi connectivity index (χ2n) is 1.85. The summed E-state index contributed by atoms with van der Waals surface area (Å²) in [6.45, 7) is 4.10. The summed E-state index contributed by atoms with van der Waals surface area (Å²) in [5, 5.41) is 3.14. The minimum Gasteiger partial charge on any atom is -0.205 e. The van der Waals surface area contributed by atoms with Crippen LogP contribution in [0.5, 0.6) is 0 Å². The topological polar surface area (TPSA) is 36.2 Å². The van der Waals surface area contributed by atoms with Crippen LogP contribution in [-0.2, 0) is 0 Å². The minimum absolute atomic E-state index is 1.06. The van der Waals surface area contributed by atoms with Gasteiger partial charge in [0.1, 0.15) is 0 Å². The Morgan fingerprint density at radius 2 is 2.38 bits per heavy atom. The summed E-state index contributed by atoms with van der Waals surface area (Å²) >= 11 is 0. The molecule has 0 rings (SSSR count). The predicted molar refractivity (Wildman–Crippen MR) is 33.8 cm³/mol. The van der Waals surface area contributed by atoms with E-state index >= 15 is 0 Å². The Labute approximate surface area is 50.1 Å². The van der Waals surface area contributed by atoms with Gasteiger partial charge in [0, 0.05) is 6.20 Å². The van der Waals surface area contributed by atoms with Gasteiger partial charge in [-0.2, -0.15) is 5.11 Å². The number of hydrogen-bond donors (Lipinski definition) is 1. The lowest BCUT2D eigenvalue weighted by atomic mass is 10.2. The molecule has 0 saturated carbocycles. The van der Waals surface area contributed by atoms with Crippen LogP contribution in [0.15, 0.2) is 16.9 Å². The molecule has 0 aromatic carbocycles. The van der Waals surface area contributed by atoms with Gasteiger partial charge < -0.3 is 0 Å². The van der Waals surface area contributed by atoms with Gasteiger partial charge in [0.2, 0.25) is 0 Å². The van der Waals surface area contributed by atoms with E-state index in [9.17, 15) is 0 Å². The molecule has 0 atom stereocenters. The van der Waals surface area contributed by atoms with Gasteiger partial charge in [0.15, 0.2) is 0 Å². The monoisotopic (exact) mass is 112 g/mol. The largest absolute Gasteiger partial charge is 0.205 e. The molecule has 0 aliphatic rings. The van der Waals surface area contributed by atoms with E-state index in [1.165, 1.54) is 5.57 Å². The van der Waals surface area contributed by atoms with Crippen LogP contribution in [0.1, 0.15) is 26.7 Å². The molecule has 2 heteroatoms. The molecule has 0 aromatic rings. The molecule has 0 heterocycles. The zero-order valence-electron chi connectivity index (χ0n) is 5.44. The third-order valence-electron chi connectivity index (χ3n) is 0.929. The quantitative estimate of drug-likeness (QED) is 0.545. The Kier molecular flexibility index (Phi) is 4.13. The van der Waals surface area contributed by atoms with E-state index in [0.717, 1.165) is 12.8 Å². The Hall–Kier alpha value is -0.660. The van der Waals surface area contributed by atoms with Crippen LogP contribution in [0, 0.1) is 5.53 Å². The fourth-order valence-corrected chi connectivity index (χ4v) is 0.569. The van der Waals surface area contributed by atoms with Crippen LogP contribution in [0.2, 0.25) is 0 Å². The zero-order valence-corrected chi connectivity index (χ0v) is 5.44. The molecule has 0 aliphatic carbocycles. The Morgan fingerprint density at radius 3 is 2.75 bits per heavy atom. The number of rotatable bonds is 3. The molecule has 0 spiro atoms. The normalized spacial score (nSPS) is 11.5. The summed E-state index contributed by atoms with van der Waals surface area (Å²) in [5.74, 6) is 0. The van der Waals surface area contributed by atoms with Crippen molar-refractivity contribution in [2.75, 3.05) is 0 Å². The summed E-state index contributed by atoms with van der Waals surface area (Å²) < 4.78 is 0. The van der Waals surface area contributed by atoms with Crippen molar-refractivity contribution in [2.45, 2.75) is 26.7 Å². The van der Waals surface area contributed by atoms with Crippen LogP contribution in [0.4, 0.5) is 0 Å². The highest BCUT2D eigenvalue weighted by atomic mass is 14.9. The van der Waals surface area contributed by atoms with Gasteiger partial charge in [-0.15, -0.1) is 0 Å². The first-order valence-corrected chi connectivity index (χ1v) is 2.83. The molecule has 0 radical (unpaired) electrons. The smallest absolute Gasteiger partial charge is 0.0477 e. The maximum Gasteiger partial charge on any atom is 0.0477 e.